The van der Waals surface area contributed by atoms with Crippen LogP contribution in [0.1, 0.15) is 27.0 Å². The fourth-order valence-corrected chi connectivity index (χ4v) is 2.82. The number of hydrogen-bond acceptors (Lipinski definition) is 3. The molecule has 3 rings (SSSR count). The second kappa shape index (κ2) is 9.35. The molecule has 0 saturated carbocycles. The van der Waals surface area contributed by atoms with E-state index < -0.39 is 0 Å². The van der Waals surface area contributed by atoms with Crippen LogP contribution < -0.4 is 10.2 Å². The van der Waals surface area contributed by atoms with Gasteiger partial charge in [-0.2, -0.15) is 0 Å². The average molecular weight is 395 g/mol. The summed E-state index contributed by atoms with van der Waals surface area (Å²) in [5.41, 5.74) is 3.82. The molecule has 0 aliphatic carbocycles. The van der Waals surface area contributed by atoms with Gasteiger partial charge in [0.25, 0.3) is 5.91 Å². The molecule has 0 aliphatic rings. The Kier molecular flexibility index (Phi) is 6.41. The lowest BCUT2D eigenvalue weighted by atomic mass is 10.1. The molecule has 1 heterocycles. The van der Waals surface area contributed by atoms with Gasteiger partial charge >= 0.3 is 0 Å². The topological polar surface area (TPSA) is 62.3 Å². The van der Waals surface area contributed by atoms with E-state index in [1.807, 2.05) is 37.3 Å². The molecule has 1 N–H and O–H groups in total. The molecule has 5 nitrogen and oxygen atoms in total. The quantitative estimate of drug-likeness (QED) is 0.518. The standard InChI is InChI=1S/C25H21N3O2/c1-4-19-11-13-23(26-17-19)27-24(29)14-12-20-8-6-9-21(16-20)25(30)28(3)22-10-5-7-18(2)15-22/h1,5-17H,2-3H3,(H,26,27,29)/b14-12+. The number of hydrogen-bond donors (Lipinski definition) is 1. The molecule has 3 aromatic rings. The third-order valence-electron chi connectivity index (χ3n) is 4.44. The van der Waals surface area contributed by atoms with Crippen molar-refractivity contribution in [3.8, 4) is 12.3 Å². The van der Waals surface area contributed by atoms with Gasteiger partial charge in [0.05, 0.1) is 0 Å². The molecule has 0 saturated heterocycles. The third-order valence-corrected chi connectivity index (χ3v) is 4.44. The molecule has 148 valence electrons. The minimum atomic E-state index is -0.329. The zero-order valence-corrected chi connectivity index (χ0v) is 16.8. The van der Waals surface area contributed by atoms with E-state index in [1.54, 1.807) is 48.4 Å². The Labute approximate surface area is 176 Å². The van der Waals surface area contributed by atoms with E-state index in [9.17, 15) is 9.59 Å². The average Bonchev–Trinajstić information content (AvgIpc) is 2.77. The number of amides is 2. The van der Waals surface area contributed by atoms with Crippen molar-refractivity contribution in [2.75, 3.05) is 17.3 Å². The summed E-state index contributed by atoms with van der Waals surface area (Å²) in [6.07, 6.45) is 9.84. The molecule has 0 fully saturated rings. The van der Waals surface area contributed by atoms with Crippen LogP contribution in [0.4, 0.5) is 11.5 Å². The van der Waals surface area contributed by atoms with Gasteiger partial charge in [-0.15, -0.1) is 6.42 Å². The van der Waals surface area contributed by atoms with E-state index in [1.165, 1.54) is 12.3 Å². The lowest BCUT2D eigenvalue weighted by Gasteiger charge is -2.18. The van der Waals surface area contributed by atoms with Gasteiger partial charge < -0.3 is 10.2 Å². The lowest BCUT2D eigenvalue weighted by Crippen LogP contribution is -2.26. The zero-order valence-electron chi connectivity index (χ0n) is 16.8. The van der Waals surface area contributed by atoms with Gasteiger partial charge in [-0.25, -0.2) is 4.98 Å². The number of nitrogens with one attached hydrogen (secondary N) is 1. The van der Waals surface area contributed by atoms with E-state index in [4.69, 9.17) is 6.42 Å². The maximum Gasteiger partial charge on any atom is 0.258 e. The Morgan fingerprint density at radius 2 is 1.90 bits per heavy atom. The summed E-state index contributed by atoms with van der Waals surface area (Å²) in [7, 11) is 1.74. The van der Waals surface area contributed by atoms with Crippen molar-refractivity contribution in [1.29, 1.82) is 0 Å². The Morgan fingerprint density at radius 1 is 1.10 bits per heavy atom. The SMILES string of the molecule is C#Cc1ccc(NC(=O)/C=C/c2cccc(C(=O)N(C)c3cccc(C)c3)c2)nc1. The largest absolute Gasteiger partial charge is 0.311 e. The minimum Gasteiger partial charge on any atom is -0.311 e. The summed E-state index contributed by atoms with van der Waals surface area (Å²) >= 11 is 0. The van der Waals surface area contributed by atoms with Crippen molar-refractivity contribution < 1.29 is 9.59 Å². The third kappa shape index (κ3) is 5.21. The molecule has 0 atom stereocenters. The normalized spacial score (nSPS) is 10.4. The van der Waals surface area contributed by atoms with E-state index in [2.05, 4.69) is 16.2 Å². The van der Waals surface area contributed by atoms with Gasteiger partial charge in [-0.1, -0.05) is 30.2 Å². The molecule has 2 aromatic carbocycles. The first-order valence-electron chi connectivity index (χ1n) is 9.33. The molecule has 1 aromatic heterocycles. The fraction of sp³-hybridized carbons (Fsp3) is 0.0800. The number of benzene rings is 2. The number of terminal acetylenes is 1. The second-order valence-electron chi connectivity index (χ2n) is 6.73. The summed E-state index contributed by atoms with van der Waals surface area (Å²) in [6.45, 7) is 1.98. The maximum absolute atomic E-state index is 12.8. The Hall–Kier alpha value is -4.17. The highest BCUT2D eigenvalue weighted by atomic mass is 16.2. The minimum absolute atomic E-state index is 0.127. The first-order valence-corrected chi connectivity index (χ1v) is 9.33. The van der Waals surface area contributed by atoms with E-state index >= 15 is 0 Å². The van der Waals surface area contributed by atoms with Gasteiger partial charge in [0.2, 0.25) is 5.91 Å². The van der Waals surface area contributed by atoms with Crippen LogP contribution in [0.5, 0.6) is 0 Å². The molecular weight excluding hydrogens is 374 g/mol. The number of aromatic nitrogens is 1. The number of rotatable bonds is 5. The van der Waals surface area contributed by atoms with Crippen LogP contribution in [0.2, 0.25) is 0 Å². The van der Waals surface area contributed by atoms with Crippen LogP contribution in [-0.2, 0) is 4.79 Å². The molecule has 0 bridgehead atoms. The van der Waals surface area contributed by atoms with Gasteiger partial charge in [0, 0.05) is 36.1 Å². The highest BCUT2D eigenvalue weighted by Gasteiger charge is 2.13. The van der Waals surface area contributed by atoms with Gasteiger partial charge in [-0.3, -0.25) is 9.59 Å². The lowest BCUT2D eigenvalue weighted by molar-refractivity contribution is -0.111. The van der Waals surface area contributed by atoms with Crippen LogP contribution in [0.3, 0.4) is 0 Å². The monoisotopic (exact) mass is 395 g/mol. The highest BCUT2D eigenvalue weighted by Crippen LogP contribution is 2.18. The number of pyridine rings is 1. The van der Waals surface area contributed by atoms with Crippen molar-refractivity contribution in [2.45, 2.75) is 6.92 Å². The van der Waals surface area contributed by atoms with Gasteiger partial charge in [0.1, 0.15) is 5.82 Å². The van der Waals surface area contributed by atoms with E-state index in [0.29, 0.717) is 16.9 Å². The predicted octanol–water partition coefficient (Wildman–Crippen LogP) is 4.30. The molecule has 0 radical (unpaired) electrons. The van der Waals surface area contributed by atoms with Gasteiger partial charge in [-0.05, 0) is 60.5 Å². The Balaban J connectivity index is 1.69. The smallest absolute Gasteiger partial charge is 0.258 e. The number of anilines is 2. The van der Waals surface area contributed by atoms with Crippen molar-refractivity contribution in [2.24, 2.45) is 0 Å². The van der Waals surface area contributed by atoms with Crippen molar-refractivity contribution >= 4 is 29.4 Å². The van der Waals surface area contributed by atoms with E-state index in [0.717, 1.165) is 16.8 Å². The summed E-state index contributed by atoms with van der Waals surface area (Å²) in [4.78, 5) is 30.7. The van der Waals surface area contributed by atoms with Crippen LogP contribution in [0.15, 0.2) is 72.9 Å². The van der Waals surface area contributed by atoms with Crippen molar-refractivity contribution in [3.05, 3.63) is 95.2 Å². The summed E-state index contributed by atoms with van der Waals surface area (Å²) in [5, 5.41) is 2.67. The number of carbonyl (C=O) groups excluding carboxylic acids is 2. The highest BCUT2D eigenvalue weighted by molar-refractivity contribution is 6.06. The van der Waals surface area contributed by atoms with Crippen LogP contribution in [0, 0.1) is 19.3 Å². The molecule has 5 heteroatoms. The molecule has 0 spiro atoms. The number of nitrogens with zero attached hydrogens (tertiary/aromatic N) is 2. The molecule has 30 heavy (non-hydrogen) atoms. The summed E-state index contributed by atoms with van der Waals surface area (Å²) < 4.78 is 0. The summed E-state index contributed by atoms with van der Waals surface area (Å²) in [5.74, 6) is 2.42. The van der Waals surface area contributed by atoms with Crippen LogP contribution in [0.25, 0.3) is 6.08 Å². The van der Waals surface area contributed by atoms with Crippen LogP contribution in [-0.4, -0.2) is 23.8 Å². The first kappa shape index (κ1) is 20.6. The Bertz CT molecular complexity index is 1140. The molecular formula is C25H21N3O2. The molecule has 0 unspecified atom stereocenters. The first-order chi connectivity index (χ1) is 14.5. The summed E-state index contributed by atoms with van der Waals surface area (Å²) in [6, 6.07) is 18.2. The number of aryl methyl sites for hydroxylation is 1. The molecule has 2 amide bonds. The van der Waals surface area contributed by atoms with Crippen LogP contribution >= 0.6 is 0 Å². The van der Waals surface area contributed by atoms with Crippen molar-refractivity contribution in [3.63, 3.8) is 0 Å². The predicted molar refractivity (Wildman–Crippen MR) is 120 cm³/mol. The molecule has 0 aliphatic heterocycles. The van der Waals surface area contributed by atoms with Crippen molar-refractivity contribution in [1.82, 2.24) is 4.98 Å². The fourth-order valence-electron chi connectivity index (χ4n) is 2.82. The zero-order chi connectivity index (χ0) is 21.5. The second-order valence-corrected chi connectivity index (χ2v) is 6.73. The van der Waals surface area contributed by atoms with E-state index in [-0.39, 0.29) is 11.8 Å². The maximum atomic E-state index is 12.8. The number of carbonyl (C=O) groups is 2. The van der Waals surface area contributed by atoms with Gasteiger partial charge in [0.15, 0.2) is 0 Å². The Morgan fingerprint density at radius 3 is 2.60 bits per heavy atom.